The first-order chi connectivity index (χ1) is 20.0. The molecule has 15 heteroatoms. The Bertz CT molecular complexity index is 1690. The van der Waals surface area contributed by atoms with Gasteiger partial charge in [0.15, 0.2) is 16.4 Å². The van der Waals surface area contributed by atoms with Crippen molar-refractivity contribution in [2.45, 2.75) is 11.8 Å². The lowest BCUT2D eigenvalue weighted by Gasteiger charge is -2.13. The topological polar surface area (TPSA) is 171 Å². The van der Waals surface area contributed by atoms with Crippen LogP contribution in [0.2, 0.25) is 0 Å². The number of anilines is 1. The van der Waals surface area contributed by atoms with E-state index in [1.807, 2.05) is 6.92 Å². The smallest absolute Gasteiger partial charge is 0.346 e. The van der Waals surface area contributed by atoms with Crippen LogP contribution in [0.25, 0.3) is 6.08 Å². The minimum absolute atomic E-state index is 0.0251. The van der Waals surface area contributed by atoms with Gasteiger partial charge in [-0.25, -0.2) is 0 Å². The molecule has 0 bridgehead atoms. The number of benzene rings is 3. The van der Waals surface area contributed by atoms with Crippen LogP contribution in [-0.4, -0.2) is 55.6 Å². The number of carbonyl (C=O) groups is 3. The van der Waals surface area contributed by atoms with E-state index in [2.05, 4.69) is 5.32 Å². The molecule has 1 heterocycles. The van der Waals surface area contributed by atoms with Crippen LogP contribution < -0.4 is 19.0 Å². The van der Waals surface area contributed by atoms with E-state index < -0.39 is 49.2 Å². The summed E-state index contributed by atoms with van der Waals surface area (Å²) in [6, 6.07) is 15.3. The van der Waals surface area contributed by atoms with E-state index in [0.29, 0.717) is 35.4 Å². The number of carbonyl (C=O) groups excluding carboxylic acids is 3. The first-order valence-corrected chi connectivity index (χ1v) is 14.4. The van der Waals surface area contributed by atoms with Crippen molar-refractivity contribution >= 4 is 56.4 Å². The molecule has 0 unspecified atom stereocenters. The molecule has 3 aromatic rings. The van der Waals surface area contributed by atoms with Gasteiger partial charge < -0.3 is 19.0 Å². The molecular weight excluding hydrogens is 590 g/mol. The largest absolute Gasteiger partial charge is 0.494 e. The number of methoxy groups -OCH3 is 1. The first kappa shape index (κ1) is 30.1. The molecule has 1 saturated heterocycles. The third kappa shape index (κ3) is 6.87. The Morgan fingerprint density at radius 2 is 1.79 bits per heavy atom. The summed E-state index contributed by atoms with van der Waals surface area (Å²) in [4.78, 5) is 48.5. The van der Waals surface area contributed by atoms with Crippen molar-refractivity contribution in [1.82, 2.24) is 4.90 Å². The molecule has 0 spiro atoms. The Hall–Kier alpha value is -4.89. The Balaban J connectivity index is 1.47. The quantitative estimate of drug-likeness (QED) is 0.140. The highest BCUT2D eigenvalue weighted by molar-refractivity contribution is 8.18. The van der Waals surface area contributed by atoms with E-state index >= 15 is 0 Å². The highest BCUT2D eigenvalue weighted by Gasteiger charge is 2.36. The minimum atomic E-state index is -4.61. The summed E-state index contributed by atoms with van der Waals surface area (Å²) >= 11 is 0.632. The number of hydrogen-bond acceptors (Lipinski definition) is 11. The summed E-state index contributed by atoms with van der Waals surface area (Å²) < 4.78 is 41.3. The summed E-state index contributed by atoms with van der Waals surface area (Å²) in [5.41, 5.74) is 0.160. The highest BCUT2D eigenvalue weighted by atomic mass is 32.2. The van der Waals surface area contributed by atoms with Gasteiger partial charge in [-0.1, -0.05) is 18.2 Å². The maximum absolute atomic E-state index is 12.9. The molecule has 4 rings (SSSR count). The van der Waals surface area contributed by atoms with Crippen LogP contribution in [0.15, 0.2) is 76.5 Å². The van der Waals surface area contributed by atoms with Crippen LogP contribution in [0.1, 0.15) is 12.5 Å². The highest BCUT2D eigenvalue weighted by Crippen LogP contribution is 2.36. The average Bonchev–Trinajstić information content (AvgIpc) is 3.22. The van der Waals surface area contributed by atoms with E-state index in [9.17, 15) is 32.9 Å². The molecule has 42 heavy (non-hydrogen) atoms. The van der Waals surface area contributed by atoms with E-state index in [-0.39, 0.29) is 16.4 Å². The number of amides is 3. The van der Waals surface area contributed by atoms with Gasteiger partial charge in [0.1, 0.15) is 12.3 Å². The SMILES string of the molecule is CCOc1ccc(NC(=O)CN2C(=O)S/C(=C\c3ccc(OS(=O)(=O)c4ccccc4[N+](=O)[O-])c(OC)c3)C2=O)cc1. The molecule has 218 valence electrons. The molecule has 0 saturated carbocycles. The molecule has 3 amide bonds. The Kier molecular flexibility index (Phi) is 9.12. The molecule has 0 radical (unpaired) electrons. The monoisotopic (exact) mass is 613 g/mol. The van der Waals surface area contributed by atoms with Crippen molar-refractivity contribution in [2.24, 2.45) is 0 Å². The summed E-state index contributed by atoms with van der Waals surface area (Å²) in [6.45, 7) is 1.83. The summed E-state index contributed by atoms with van der Waals surface area (Å²) in [5.74, 6) is -0.952. The fourth-order valence-electron chi connectivity index (χ4n) is 3.76. The van der Waals surface area contributed by atoms with Gasteiger partial charge in [0.2, 0.25) is 5.91 Å². The third-order valence-corrected chi connectivity index (χ3v) is 7.83. The van der Waals surface area contributed by atoms with E-state index in [1.165, 1.54) is 43.5 Å². The number of nitro benzene ring substituents is 1. The third-order valence-electron chi connectivity index (χ3n) is 5.64. The van der Waals surface area contributed by atoms with Crippen molar-refractivity contribution in [3.8, 4) is 17.2 Å². The predicted octanol–water partition coefficient (Wildman–Crippen LogP) is 4.44. The van der Waals surface area contributed by atoms with Gasteiger partial charge in [-0.15, -0.1) is 0 Å². The molecule has 0 aliphatic carbocycles. The fraction of sp³-hybridized carbons (Fsp3) is 0.148. The van der Waals surface area contributed by atoms with Gasteiger partial charge >= 0.3 is 10.1 Å². The average molecular weight is 614 g/mol. The van der Waals surface area contributed by atoms with E-state index in [0.717, 1.165) is 17.0 Å². The van der Waals surface area contributed by atoms with Crippen molar-refractivity contribution in [3.05, 3.63) is 87.3 Å². The maximum atomic E-state index is 12.9. The summed E-state index contributed by atoms with van der Waals surface area (Å²) in [6.07, 6.45) is 1.37. The number of imide groups is 1. The van der Waals surface area contributed by atoms with Crippen LogP contribution in [0.4, 0.5) is 16.2 Å². The minimum Gasteiger partial charge on any atom is -0.494 e. The van der Waals surface area contributed by atoms with Crippen LogP contribution in [-0.2, 0) is 19.7 Å². The van der Waals surface area contributed by atoms with Crippen LogP contribution in [0, 0.1) is 10.1 Å². The number of ether oxygens (including phenoxy) is 2. The van der Waals surface area contributed by atoms with Crippen molar-refractivity contribution in [1.29, 1.82) is 0 Å². The van der Waals surface area contributed by atoms with Crippen molar-refractivity contribution < 1.29 is 41.4 Å². The normalized spacial score (nSPS) is 14.1. The second-order valence-corrected chi connectivity index (χ2v) is 11.0. The second-order valence-electron chi connectivity index (χ2n) is 8.45. The molecule has 1 aliphatic heterocycles. The van der Waals surface area contributed by atoms with Crippen molar-refractivity contribution in [3.63, 3.8) is 0 Å². The second kappa shape index (κ2) is 12.7. The number of nitrogens with one attached hydrogen (secondary N) is 1. The van der Waals surface area contributed by atoms with Gasteiger partial charge in [-0.2, -0.15) is 8.42 Å². The van der Waals surface area contributed by atoms with Gasteiger partial charge in [0, 0.05) is 11.8 Å². The number of thioether (sulfide) groups is 1. The number of rotatable bonds is 11. The van der Waals surface area contributed by atoms with Gasteiger partial charge in [0.25, 0.3) is 16.8 Å². The zero-order valence-corrected chi connectivity index (χ0v) is 23.8. The molecule has 1 fully saturated rings. The van der Waals surface area contributed by atoms with E-state index in [4.69, 9.17) is 13.7 Å². The lowest BCUT2D eigenvalue weighted by molar-refractivity contribution is -0.387. The number of nitrogens with zero attached hydrogens (tertiary/aromatic N) is 2. The zero-order chi connectivity index (χ0) is 30.4. The molecule has 3 aromatic carbocycles. The van der Waals surface area contributed by atoms with Crippen LogP contribution >= 0.6 is 11.8 Å². The Morgan fingerprint density at radius 1 is 1.07 bits per heavy atom. The maximum Gasteiger partial charge on any atom is 0.346 e. The summed E-state index contributed by atoms with van der Waals surface area (Å²) in [5, 5.41) is 13.2. The van der Waals surface area contributed by atoms with Gasteiger partial charge in [-0.3, -0.25) is 29.4 Å². The molecule has 1 aliphatic rings. The molecular formula is C27H23N3O10S2. The van der Waals surface area contributed by atoms with E-state index in [1.54, 1.807) is 24.3 Å². The number of para-hydroxylation sites is 1. The number of nitro groups is 1. The zero-order valence-electron chi connectivity index (χ0n) is 22.1. The molecule has 13 nitrogen and oxygen atoms in total. The Labute approximate surface area is 244 Å². The van der Waals surface area contributed by atoms with Crippen LogP contribution in [0.5, 0.6) is 17.2 Å². The van der Waals surface area contributed by atoms with Crippen LogP contribution in [0.3, 0.4) is 0 Å². The number of hydrogen-bond donors (Lipinski definition) is 1. The molecule has 0 atom stereocenters. The fourth-order valence-corrected chi connectivity index (χ4v) is 5.70. The predicted molar refractivity (Wildman–Crippen MR) is 153 cm³/mol. The first-order valence-electron chi connectivity index (χ1n) is 12.2. The van der Waals surface area contributed by atoms with Gasteiger partial charge in [-0.05, 0) is 72.8 Å². The molecule has 1 N–H and O–H groups in total. The Morgan fingerprint density at radius 3 is 2.45 bits per heavy atom. The van der Waals surface area contributed by atoms with Gasteiger partial charge in [0.05, 0.1) is 23.5 Å². The summed E-state index contributed by atoms with van der Waals surface area (Å²) in [7, 11) is -3.36. The lowest BCUT2D eigenvalue weighted by atomic mass is 10.2. The van der Waals surface area contributed by atoms with Crippen molar-refractivity contribution in [2.75, 3.05) is 25.6 Å². The molecule has 0 aromatic heterocycles. The lowest BCUT2D eigenvalue weighted by Crippen LogP contribution is -2.36. The standard InChI is InChI=1S/C27H23N3O10S2/c1-3-39-19-11-9-18(10-12-19)28-25(31)16-29-26(32)23(41-27(29)33)15-17-8-13-21(22(14-17)38-2)40-42(36,37)24-7-5-4-6-20(24)30(34)35/h4-15H,3,16H2,1-2H3,(H,28,31)/b23-15-.